The number of aromatic nitrogens is 4. The molecular formula is C14H20N6O. The first kappa shape index (κ1) is 13.8. The lowest BCUT2D eigenvalue weighted by atomic mass is 9.95. The number of amides is 1. The fraction of sp³-hybridized carbons (Fsp3) is 0.571. The molecule has 0 atom stereocenters. The van der Waals surface area contributed by atoms with Crippen molar-refractivity contribution in [3.8, 4) is 0 Å². The first-order valence-electron chi connectivity index (χ1n) is 7.36. The summed E-state index contributed by atoms with van der Waals surface area (Å²) in [5.74, 6) is 1.32. The van der Waals surface area contributed by atoms with Crippen molar-refractivity contribution in [1.82, 2.24) is 24.7 Å². The number of carbonyl (C=O) groups excluding carboxylic acids is 1. The van der Waals surface area contributed by atoms with Crippen molar-refractivity contribution in [3.05, 3.63) is 18.5 Å². The zero-order valence-corrected chi connectivity index (χ0v) is 12.4. The van der Waals surface area contributed by atoms with E-state index in [1.165, 1.54) is 0 Å². The minimum atomic E-state index is 0.143. The van der Waals surface area contributed by atoms with Gasteiger partial charge in [-0.2, -0.15) is 4.52 Å². The normalized spacial score (nSPS) is 16.4. The van der Waals surface area contributed by atoms with E-state index in [1.807, 2.05) is 31.0 Å². The molecule has 0 bridgehead atoms. The zero-order chi connectivity index (χ0) is 14.8. The van der Waals surface area contributed by atoms with Gasteiger partial charge in [-0.25, -0.2) is 0 Å². The monoisotopic (exact) mass is 288 g/mol. The maximum Gasteiger partial charge on any atom is 0.225 e. The van der Waals surface area contributed by atoms with Crippen LogP contribution in [0, 0.1) is 5.92 Å². The molecule has 7 heteroatoms. The van der Waals surface area contributed by atoms with E-state index in [4.69, 9.17) is 0 Å². The van der Waals surface area contributed by atoms with Gasteiger partial charge in [-0.3, -0.25) is 4.79 Å². The predicted molar refractivity (Wildman–Crippen MR) is 79.0 cm³/mol. The Morgan fingerprint density at radius 2 is 2.14 bits per heavy atom. The van der Waals surface area contributed by atoms with Crippen molar-refractivity contribution in [2.24, 2.45) is 5.92 Å². The Kier molecular flexibility index (Phi) is 3.72. The van der Waals surface area contributed by atoms with Crippen molar-refractivity contribution < 1.29 is 4.79 Å². The third-order valence-electron chi connectivity index (χ3n) is 4.17. The molecule has 1 fully saturated rings. The van der Waals surface area contributed by atoms with Crippen LogP contribution in [0.5, 0.6) is 0 Å². The molecule has 0 aromatic carbocycles. The standard InChI is InChI=1S/C14H20N6O/c1-3-18(2)14(21)11-6-8-19(9-7-11)13-5-4-12-16-15-10-20(12)17-13/h4-5,10-11H,3,6-9H2,1-2H3. The molecular weight excluding hydrogens is 268 g/mol. The lowest BCUT2D eigenvalue weighted by molar-refractivity contribution is -0.134. The van der Waals surface area contributed by atoms with Crippen molar-refractivity contribution in [2.45, 2.75) is 19.8 Å². The van der Waals surface area contributed by atoms with Crippen LogP contribution < -0.4 is 4.90 Å². The largest absolute Gasteiger partial charge is 0.355 e. The van der Waals surface area contributed by atoms with E-state index in [1.54, 1.807) is 10.8 Å². The van der Waals surface area contributed by atoms with Crippen LogP contribution in [0.2, 0.25) is 0 Å². The summed E-state index contributed by atoms with van der Waals surface area (Å²) >= 11 is 0. The average Bonchev–Trinajstić information content (AvgIpc) is 3.01. The van der Waals surface area contributed by atoms with Gasteiger partial charge in [-0.05, 0) is 31.9 Å². The number of hydrogen-bond acceptors (Lipinski definition) is 5. The number of carbonyl (C=O) groups is 1. The van der Waals surface area contributed by atoms with Crippen molar-refractivity contribution in [1.29, 1.82) is 0 Å². The maximum absolute atomic E-state index is 12.2. The van der Waals surface area contributed by atoms with E-state index in [-0.39, 0.29) is 11.8 Å². The van der Waals surface area contributed by atoms with Gasteiger partial charge in [-0.1, -0.05) is 0 Å². The Morgan fingerprint density at radius 3 is 2.86 bits per heavy atom. The Morgan fingerprint density at radius 1 is 1.38 bits per heavy atom. The molecule has 1 aliphatic heterocycles. The molecule has 2 aromatic heterocycles. The summed E-state index contributed by atoms with van der Waals surface area (Å²) in [7, 11) is 1.87. The lowest BCUT2D eigenvalue weighted by Crippen LogP contribution is -2.41. The summed E-state index contributed by atoms with van der Waals surface area (Å²) in [6.45, 7) is 4.49. The van der Waals surface area contributed by atoms with Crippen LogP contribution in [0.1, 0.15) is 19.8 Å². The zero-order valence-electron chi connectivity index (χ0n) is 12.4. The molecule has 0 N–H and O–H groups in total. The molecule has 3 rings (SSSR count). The van der Waals surface area contributed by atoms with E-state index >= 15 is 0 Å². The Bertz CT molecular complexity index is 631. The van der Waals surface area contributed by atoms with Gasteiger partial charge in [0.05, 0.1) is 0 Å². The molecule has 0 saturated carbocycles. The summed E-state index contributed by atoms with van der Waals surface area (Å²) in [5, 5.41) is 12.3. The summed E-state index contributed by atoms with van der Waals surface area (Å²) in [4.78, 5) is 16.2. The number of piperidine rings is 1. The van der Waals surface area contributed by atoms with Crippen LogP contribution in [-0.2, 0) is 4.79 Å². The summed E-state index contributed by atoms with van der Waals surface area (Å²) in [6.07, 6.45) is 3.36. The van der Waals surface area contributed by atoms with Crippen molar-refractivity contribution in [3.63, 3.8) is 0 Å². The van der Waals surface area contributed by atoms with E-state index in [2.05, 4.69) is 20.2 Å². The molecule has 1 aliphatic rings. The Balaban J connectivity index is 1.66. The molecule has 3 heterocycles. The summed E-state index contributed by atoms with van der Waals surface area (Å²) in [5.41, 5.74) is 0.744. The van der Waals surface area contributed by atoms with Gasteiger partial charge in [0.2, 0.25) is 5.91 Å². The molecule has 0 unspecified atom stereocenters. The number of hydrogen-bond donors (Lipinski definition) is 0. The maximum atomic E-state index is 12.2. The Labute approximate surface area is 123 Å². The highest BCUT2D eigenvalue weighted by atomic mass is 16.2. The molecule has 0 spiro atoms. The van der Waals surface area contributed by atoms with Gasteiger partial charge < -0.3 is 9.80 Å². The smallest absolute Gasteiger partial charge is 0.225 e. The molecule has 0 radical (unpaired) electrons. The topological polar surface area (TPSA) is 66.6 Å². The molecule has 1 amide bonds. The highest BCUT2D eigenvalue weighted by molar-refractivity contribution is 5.78. The second-order valence-electron chi connectivity index (χ2n) is 5.44. The minimum Gasteiger partial charge on any atom is -0.355 e. The van der Waals surface area contributed by atoms with Crippen LogP contribution in [-0.4, -0.2) is 57.3 Å². The SMILES string of the molecule is CCN(C)C(=O)C1CCN(c2ccc3nncn3n2)CC1. The third-order valence-corrected chi connectivity index (χ3v) is 4.17. The highest BCUT2D eigenvalue weighted by Gasteiger charge is 2.27. The van der Waals surface area contributed by atoms with Gasteiger partial charge in [0.15, 0.2) is 5.65 Å². The first-order chi connectivity index (χ1) is 10.2. The van der Waals surface area contributed by atoms with Crippen molar-refractivity contribution >= 4 is 17.4 Å². The van der Waals surface area contributed by atoms with Gasteiger partial charge in [0.1, 0.15) is 12.1 Å². The lowest BCUT2D eigenvalue weighted by Gasteiger charge is -2.33. The van der Waals surface area contributed by atoms with E-state index in [9.17, 15) is 4.79 Å². The Hall–Kier alpha value is -2.18. The van der Waals surface area contributed by atoms with Crippen LogP contribution in [0.15, 0.2) is 18.5 Å². The number of rotatable bonds is 3. The van der Waals surface area contributed by atoms with Gasteiger partial charge in [0.25, 0.3) is 0 Å². The number of anilines is 1. The predicted octanol–water partition coefficient (Wildman–Crippen LogP) is 0.819. The highest BCUT2D eigenvalue weighted by Crippen LogP contribution is 2.23. The molecule has 0 aliphatic carbocycles. The van der Waals surface area contributed by atoms with Gasteiger partial charge in [0, 0.05) is 32.6 Å². The first-order valence-corrected chi connectivity index (χ1v) is 7.36. The molecule has 7 nitrogen and oxygen atoms in total. The molecule has 1 saturated heterocycles. The van der Waals surface area contributed by atoms with Crippen LogP contribution in [0.3, 0.4) is 0 Å². The van der Waals surface area contributed by atoms with Crippen LogP contribution >= 0.6 is 0 Å². The number of fused-ring (bicyclic) bond motifs is 1. The third kappa shape index (κ3) is 2.68. The van der Waals surface area contributed by atoms with E-state index in [0.29, 0.717) is 0 Å². The summed E-state index contributed by atoms with van der Waals surface area (Å²) < 4.78 is 1.68. The average molecular weight is 288 g/mol. The van der Waals surface area contributed by atoms with Crippen LogP contribution in [0.25, 0.3) is 5.65 Å². The minimum absolute atomic E-state index is 0.143. The fourth-order valence-corrected chi connectivity index (χ4v) is 2.71. The van der Waals surface area contributed by atoms with Gasteiger partial charge in [-0.15, -0.1) is 15.3 Å². The number of nitrogens with zero attached hydrogens (tertiary/aromatic N) is 6. The molecule has 112 valence electrons. The van der Waals surface area contributed by atoms with Gasteiger partial charge >= 0.3 is 0 Å². The molecule has 21 heavy (non-hydrogen) atoms. The summed E-state index contributed by atoms with van der Waals surface area (Å²) in [6, 6.07) is 3.88. The van der Waals surface area contributed by atoms with Crippen LogP contribution in [0.4, 0.5) is 5.82 Å². The van der Waals surface area contributed by atoms with E-state index < -0.39 is 0 Å². The second-order valence-corrected chi connectivity index (χ2v) is 5.44. The quantitative estimate of drug-likeness (QED) is 0.836. The van der Waals surface area contributed by atoms with E-state index in [0.717, 1.165) is 43.9 Å². The van der Waals surface area contributed by atoms with Crippen molar-refractivity contribution in [2.75, 3.05) is 31.6 Å². The fourth-order valence-electron chi connectivity index (χ4n) is 2.71. The second kappa shape index (κ2) is 5.67. The molecule has 2 aromatic rings.